The number of hydrogen-bond acceptors (Lipinski definition) is 4. The molecule has 0 aromatic heterocycles. The Morgan fingerprint density at radius 2 is 2.00 bits per heavy atom. The second-order valence-corrected chi connectivity index (χ2v) is 4.45. The van der Waals surface area contributed by atoms with E-state index in [2.05, 4.69) is 5.32 Å². The van der Waals surface area contributed by atoms with Gasteiger partial charge in [-0.05, 0) is 31.0 Å². The lowest BCUT2D eigenvalue weighted by atomic mass is 10.1. The number of carboxylic acid groups (broad SMARTS) is 1. The van der Waals surface area contributed by atoms with Gasteiger partial charge in [0.15, 0.2) is 0 Å². The fourth-order valence-electron chi connectivity index (χ4n) is 1.80. The van der Waals surface area contributed by atoms with Crippen LogP contribution in [0.15, 0.2) is 24.3 Å². The minimum absolute atomic E-state index is 0.364. The van der Waals surface area contributed by atoms with Crippen molar-refractivity contribution < 1.29 is 19.4 Å². The monoisotopic (exact) mass is 281 g/mol. The molecule has 0 amide bonds. The highest BCUT2D eigenvalue weighted by Crippen LogP contribution is 2.08. The minimum atomic E-state index is -0.881. The molecular formula is C15H23NO4. The summed E-state index contributed by atoms with van der Waals surface area (Å²) < 4.78 is 10.2. The van der Waals surface area contributed by atoms with E-state index in [1.54, 1.807) is 19.2 Å². The first-order valence-electron chi connectivity index (χ1n) is 6.84. The second-order valence-electron chi connectivity index (χ2n) is 4.45. The number of methoxy groups -OCH3 is 1. The van der Waals surface area contributed by atoms with Gasteiger partial charge in [0.05, 0.1) is 18.8 Å². The summed E-state index contributed by atoms with van der Waals surface area (Å²) in [5.74, 6) is -0.881. The Morgan fingerprint density at radius 1 is 1.20 bits per heavy atom. The molecule has 1 aromatic rings. The fourth-order valence-corrected chi connectivity index (χ4v) is 1.80. The van der Waals surface area contributed by atoms with Gasteiger partial charge in [0.1, 0.15) is 0 Å². The van der Waals surface area contributed by atoms with E-state index < -0.39 is 5.97 Å². The normalized spacial score (nSPS) is 10.7. The Balaban J connectivity index is 2.11. The van der Waals surface area contributed by atoms with Crippen molar-refractivity contribution in [1.82, 2.24) is 5.32 Å². The molecule has 0 saturated heterocycles. The lowest BCUT2D eigenvalue weighted by Crippen LogP contribution is -2.17. The first-order valence-corrected chi connectivity index (χ1v) is 6.84. The predicted molar refractivity (Wildman–Crippen MR) is 77.0 cm³/mol. The van der Waals surface area contributed by atoms with Gasteiger partial charge in [-0.25, -0.2) is 4.79 Å². The van der Waals surface area contributed by atoms with Gasteiger partial charge in [0.2, 0.25) is 0 Å². The number of ether oxygens (including phenoxy) is 2. The lowest BCUT2D eigenvalue weighted by molar-refractivity contribution is 0.0688. The van der Waals surface area contributed by atoms with Crippen LogP contribution in [0.25, 0.3) is 0 Å². The van der Waals surface area contributed by atoms with Crippen LogP contribution in [0.2, 0.25) is 0 Å². The van der Waals surface area contributed by atoms with Gasteiger partial charge in [-0.15, -0.1) is 0 Å². The van der Waals surface area contributed by atoms with Gasteiger partial charge in [-0.1, -0.05) is 18.2 Å². The molecule has 0 aliphatic heterocycles. The van der Waals surface area contributed by atoms with Crippen LogP contribution in [0.1, 0.15) is 28.8 Å². The first kappa shape index (κ1) is 16.6. The first-order chi connectivity index (χ1) is 9.75. The largest absolute Gasteiger partial charge is 0.478 e. The van der Waals surface area contributed by atoms with E-state index >= 15 is 0 Å². The molecular weight excluding hydrogens is 258 g/mol. The molecule has 0 fully saturated rings. The number of carbonyl (C=O) groups is 1. The lowest BCUT2D eigenvalue weighted by Gasteiger charge is -2.08. The van der Waals surface area contributed by atoms with Crippen LogP contribution in [0.4, 0.5) is 0 Å². The summed E-state index contributed by atoms with van der Waals surface area (Å²) >= 11 is 0. The molecule has 1 rings (SSSR count). The van der Waals surface area contributed by atoms with Crippen molar-refractivity contribution >= 4 is 5.97 Å². The van der Waals surface area contributed by atoms with Crippen LogP contribution in [0.3, 0.4) is 0 Å². The van der Waals surface area contributed by atoms with Crippen LogP contribution in [-0.2, 0) is 16.0 Å². The molecule has 112 valence electrons. The van der Waals surface area contributed by atoms with Crippen molar-refractivity contribution in [2.45, 2.75) is 19.4 Å². The second kappa shape index (κ2) is 10.4. The molecule has 5 heteroatoms. The topological polar surface area (TPSA) is 67.8 Å². The molecule has 0 spiro atoms. The predicted octanol–water partition coefficient (Wildman–Crippen LogP) is 1.92. The van der Waals surface area contributed by atoms with Crippen LogP contribution in [0, 0.1) is 0 Å². The quantitative estimate of drug-likeness (QED) is 0.607. The number of unbranched alkanes of at least 4 members (excludes halogenated alkanes) is 1. The fraction of sp³-hybridized carbons (Fsp3) is 0.533. The molecule has 20 heavy (non-hydrogen) atoms. The van der Waals surface area contributed by atoms with Gasteiger partial charge in [0.25, 0.3) is 0 Å². The molecule has 0 aliphatic carbocycles. The van der Waals surface area contributed by atoms with E-state index in [4.69, 9.17) is 14.6 Å². The minimum Gasteiger partial charge on any atom is -0.478 e. The van der Waals surface area contributed by atoms with Gasteiger partial charge < -0.3 is 19.9 Å². The zero-order chi connectivity index (χ0) is 14.6. The number of carboxylic acids is 1. The van der Waals surface area contributed by atoms with Crippen LogP contribution < -0.4 is 5.32 Å². The maximum atomic E-state index is 11.0. The van der Waals surface area contributed by atoms with Gasteiger partial charge in [0, 0.05) is 20.3 Å². The zero-order valence-corrected chi connectivity index (χ0v) is 11.9. The Bertz CT molecular complexity index is 395. The molecule has 0 radical (unpaired) electrons. The molecule has 1 aromatic carbocycles. The van der Waals surface area contributed by atoms with E-state index in [0.29, 0.717) is 25.3 Å². The Hall–Kier alpha value is -1.43. The number of aromatic carboxylic acids is 1. The molecule has 0 aliphatic rings. The van der Waals surface area contributed by atoms with Crippen LogP contribution in [0.5, 0.6) is 0 Å². The highest BCUT2D eigenvalue weighted by atomic mass is 16.5. The van der Waals surface area contributed by atoms with Crippen molar-refractivity contribution in [1.29, 1.82) is 0 Å². The zero-order valence-electron chi connectivity index (χ0n) is 11.9. The van der Waals surface area contributed by atoms with E-state index in [1.165, 1.54) is 0 Å². The molecule has 5 nitrogen and oxygen atoms in total. The summed E-state index contributed by atoms with van der Waals surface area (Å²) in [7, 11) is 1.66. The van der Waals surface area contributed by atoms with Gasteiger partial charge >= 0.3 is 5.97 Å². The standard InChI is InChI=1S/C15H23NO4/c1-19-10-11-20-9-5-4-8-16-12-13-6-2-3-7-14(13)15(17)18/h2-3,6-7,16H,4-5,8-12H2,1H3,(H,17,18). The van der Waals surface area contributed by atoms with Crippen LogP contribution >= 0.6 is 0 Å². The van der Waals surface area contributed by atoms with Crippen LogP contribution in [-0.4, -0.2) is 44.6 Å². The summed E-state index contributed by atoms with van der Waals surface area (Å²) in [6.45, 7) is 3.42. The van der Waals surface area contributed by atoms with Gasteiger partial charge in [-0.3, -0.25) is 0 Å². The van der Waals surface area contributed by atoms with Crippen molar-refractivity contribution in [2.75, 3.05) is 33.5 Å². The number of hydrogen-bond donors (Lipinski definition) is 2. The van der Waals surface area contributed by atoms with Crippen molar-refractivity contribution in [3.8, 4) is 0 Å². The van der Waals surface area contributed by atoms with Crippen molar-refractivity contribution in [2.24, 2.45) is 0 Å². The Kier molecular flexibility index (Phi) is 8.62. The summed E-state index contributed by atoms with van der Waals surface area (Å²) in [4.78, 5) is 11.0. The average molecular weight is 281 g/mol. The third-order valence-corrected chi connectivity index (χ3v) is 2.89. The third kappa shape index (κ3) is 6.65. The maximum Gasteiger partial charge on any atom is 0.336 e. The molecule has 0 bridgehead atoms. The smallest absolute Gasteiger partial charge is 0.336 e. The molecule has 0 heterocycles. The third-order valence-electron chi connectivity index (χ3n) is 2.89. The molecule has 0 saturated carbocycles. The highest BCUT2D eigenvalue weighted by molar-refractivity contribution is 5.89. The van der Waals surface area contributed by atoms with E-state index in [9.17, 15) is 4.79 Å². The summed E-state index contributed by atoms with van der Waals surface area (Å²) in [5, 5.41) is 12.3. The maximum absolute atomic E-state index is 11.0. The number of nitrogens with one attached hydrogen (secondary N) is 1. The van der Waals surface area contributed by atoms with Crippen molar-refractivity contribution in [3.63, 3.8) is 0 Å². The Labute approximate surface area is 119 Å². The van der Waals surface area contributed by atoms with E-state index in [1.807, 2.05) is 12.1 Å². The van der Waals surface area contributed by atoms with Gasteiger partial charge in [-0.2, -0.15) is 0 Å². The van der Waals surface area contributed by atoms with E-state index in [-0.39, 0.29) is 0 Å². The van der Waals surface area contributed by atoms with E-state index in [0.717, 1.165) is 31.6 Å². The molecule has 0 atom stereocenters. The average Bonchev–Trinajstić information content (AvgIpc) is 2.46. The molecule has 2 N–H and O–H groups in total. The summed E-state index contributed by atoms with van der Waals surface area (Å²) in [5.41, 5.74) is 1.18. The Morgan fingerprint density at radius 3 is 2.75 bits per heavy atom. The number of rotatable bonds is 11. The number of benzene rings is 1. The highest BCUT2D eigenvalue weighted by Gasteiger charge is 2.07. The molecule has 0 unspecified atom stereocenters. The summed E-state index contributed by atoms with van der Waals surface area (Å²) in [6, 6.07) is 7.06. The SMILES string of the molecule is COCCOCCCCNCc1ccccc1C(=O)O. The van der Waals surface area contributed by atoms with Crippen molar-refractivity contribution in [3.05, 3.63) is 35.4 Å². The summed E-state index contributed by atoms with van der Waals surface area (Å²) in [6.07, 6.45) is 1.99.